The number of thiophene rings is 2. The predicted octanol–water partition coefficient (Wildman–Crippen LogP) is 6.43. The van der Waals surface area contributed by atoms with E-state index < -0.39 is 0 Å². The molecular formula is C24H29Cl2N5S2. The molecule has 2 aliphatic heterocycles. The monoisotopic (exact) mass is 521 g/mol. The Kier molecular flexibility index (Phi) is 7.84. The maximum Gasteiger partial charge on any atom is 0.196 e. The molecule has 9 heteroatoms. The van der Waals surface area contributed by atoms with Crippen molar-refractivity contribution in [2.75, 3.05) is 6.54 Å². The zero-order chi connectivity index (χ0) is 23.5. The zero-order valence-electron chi connectivity index (χ0n) is 19.3. The van der Waals surface area contributed by atoms with Crippen LogP contribution >= 0.6 is 45.9 Å². The molecule has 4 rings (SSSR count). The largest absolute Gasteiger partial charge is 0.349 e. The first kappa shape index (κ1) is 24.3. The lowest BCUT2D eigenvalue weighted by Crippen LogP contribution is -2.41. The van der Waals surface area contributed by atoms with Crippen LogP contribution in [-0.4, -0.2) is 18.8 Å². The highest BCUT2D eigenvalue weighted by atomic mass is 35.5. The fraction of sp³-hybridized carbons (Fsp3) is 0.417. The van der Waals surface area contributed by atoms with E-state index in [1.807, 2.05) is 35.8 Å². The molecule has 0 bridgehead atoms. The van der Waals surface area contributed by atoms with Gasteiger partial charge < -0.3 is 16.0 Å². The van der Waals surface area contributed by atoms with Crippen LogP contribution in [0.25, 0.3) is 0 Å². The first-order chi connectivity index (χ1) is 15.9. The van der Waals surface area contributed by atoms with Crippen molar-refractivity contribution < 1.29 is 0 Å². The summed E-state index contributed by atoms with van der Waals surface area (Å²) in [7, 11) is 0. The fourth-order valence-corrected chi connectivity index (χ4v) is 6.83. The van der Waals surface area contributed by atoms with E-state index >= 15 is 0 Å². The molecule has 0 aliphatic carbocycles. The van der Waals surface area contributed by atoms with Crippen LogP contribution in [0.4, 0.5) is 0 Å². The summed E-state index contributed by atoms with van der Waals surface area (Å²) in [5.41, 5.74) is 3.49. The van der Waals surface area contributed by atoms with Crippen LogP contribution in [0.3, 0.4) is 0 Å². The Hall–Kier alpha value is -1.80. The molecule has 0 saturated heterocycles. The summed E-state index contributed by atoms with van der Waals surface area (Å²) in [6.07, 6.45) is 6.46. The molecule has 0 fully saturated rings. The molecule has 176 valence electrons. The average Bonchev–Trinajstić information content (AvgIpc) is 3.36. The van der Waals surface area contributed by atoms with Gasteiger partial charge in [0.1, 0.15) is 6.04 Å². The number of guanidine groups is 1. The Labute approximate surface area is 213 Å². The van der Waals surface area contributed by atoms with E-state index in [0.717, 1.165) is 41.0 Å². The first-order valence-electron chi connectivity index (χ1n) is 11.2. The Morgan fingerprint density at radius 3 is 2.33 bits per heavy atom. The number of hydrogen-bond acceptors (Lipinski definition) is 5. The van der Waals surface area contributed by atoms with Gasteiger partial charge in [0.25, 0.3) is 0 Å². The van der Waals surface area contributed by atoms with E-state index in [-0.39, 0.29) is 12.1 Å². The van der Waals surface area contributed by atoms with Gasteiger partial charge in [-0.15, -0.1) is 22.7 Å². The Morgan fingerprint density at radius 2 is 1.67 bits per heavy atom. The van der Waals surface area contributed by atoms with Gasteiger partial charge in [-0.1, -0.05) is 30.1 Å². The molecule has 2 unspecified atom stereocenters. The number of halogens is 2. The molecule has 2 atom stereocenters. The van der Waals surface area contributed by atoms with Crippen molar-refractivity contribution >= 4 is 58.2 Å². The molecule has 2 aromatic heterocycles. The third kappa shape index (κ3) is 5.32. The van der Waals surface area contributed by atoms with Crippen LogP contribution in [0, 0.1) is 13.8 Å². The van der Waals surface area contributed by atoms with Crippen molar-refractivity contribution in [3.8, 4) is 0 Å². The van der Waals surface area contributed by atoms with Gasteiger partial charge in [-0.3, -0.25) is 9.98 Å². The number of nitrogens with one attached hydrogen (secondary N) is 3. The van der Waals surface area contributed by atoms with Crippen molar-refractivity contribution in [3.05, 3.63) is 64.7 Å². The number of rotatable bonds is 7. The smallest absolute Gasteiger partial charge is 0.196 e. The van der Waals surface area contributed by atoms with Crippen LogP contribution in [0.15, 0.2) is 44.1 Å². The Morgan fingerprint density at radius 1 is 1.00 bits per heavy atom. The topological polar surface area (TPSA) is 60.8 Å². The van der Waals surface area contributed by atoms with E-state index in [4.69, 9.17) is 23.2 Å². The van der Waals surface area contributed by atoms with Crippen LogP contribution in [0.2, 0.25) is 0 Å². The molecule has 0 saturated carbocycles. The number of hydrogen-bond donors (Lipinski definition) is 3. The normalized spacial score (nSPS) is 21.6. The summed E-state index contributed by atoms with van der Waals surface area (Å²) >= 11 is 16.9. The van der Waals surface area contributed by atoms with Gasteiger partial charge in [0.05, 0.1) is 22.4 Å². The average molecular weight is 523 g/mol. The van der Waals surface area contributed by atoms with Crippen LogP contribution in [0.5, 0.6) is 0 Å². The van der Waals surface area contributed by atoms with E-state index in [2.05, 4.69) is 58.8 Å². The maximum absolute atomic E-state index is 6.65. The lowest BCUT2D eigenvalue weighted by Gasteiger charge is -2.25. The summed E-state index contributed by atoms with van der Waals surface area (Å²) in [5, 5.41) is 11.2. The van der Waals surface area contributed by atoms with Crippen molar-refractivity contribution in [1.82, 2.24) is 16.0 Å². The van der Waals surface area contributed by atoms with Gasteiger partial charge in [0.2, 0.25) is 0 Å². The SMILES string of the molecule is CCN=C1NC=C(Cl)C(c2cc(CCc3cc(C4N=CNC(CC)=C4Cl)c(C)s3)sc2C)N1. The molecule has 0 amide bonds. The molecule has 3 N–H and O–H groups in total. The number of allylic oxidation sites excluding steroid dienone is 1. The Bertz CT molecular complexity index is 1140. The van der Waals surface area contributed by atoms with Gasteiger partial charge in [-0.05, 0) is 63.3 Å². The molecule has 0 aromatic carbocycles. The lowest BCUT2D eigenvalue weighted by molar-refractivity contribution is 0.724. The fourth-order valence-electron chi connectivity index (χ4n) is 4.09. The minimum Gasteiger partial charge on any atom is -0.349 e. The van der Waals surface area contributed by atoms with E-state index in [1.54, 1.807) is 6.34 Å². The third-order valence-corrected chi connectivity index (χ3v) is 8.82. The first-order valence-corrected chi connectivity index (χ1v) is 13.6. The van der Waals surface area contributed by atoms with E-state index in [1.165, 1.54) is 30.6 Å². The molecule has 2 aromatic rings. The van der Waals surface area contributed by atoms with Crippen molar-refractivity contribution in [3.63, 3.8) is 0 Å². The van der Waals surface area contributed by atoms with Crippen LogP contribution in [-0.2, 0) is 12.8 Å². The van der Waals surface area contributed by atoms with Crippen molar-refractivity contribution in [2.24, 2.45) is 9.98 Å². The number of nitrogens with zero attached hydrogens (tertiary/aromatic N) is 2. The van der Waals surface area contributed by atoms with Gasteiger partial charge in [0, 0.05) is 38.0 Å². The number of aryl methyl sites for hydroxylation is 4. The third-order valence-electron chi connectivity index (χ3n) is 5.80. The second-order valence-electron chi connectivity index (χ2n) is 8.03. The van der Waals surface area contributed by atoms with Gasteiger partial charge >= 0.3 is 0 Å². The highest BCUT2D eigenvalue weighted by molar-refractivity contribution is 7.12. The molecule has 2 aliphatic rings. The van der Waals surface area contributed by atoms with E-state index in [0.29, 0.717) is 6.54 Å². The lowest BCUT2D eigenvalue weighted by atomic mass is 10.0. The highest BCUT2D eigenvalue weighted by Crippen LogP contribution is 2.39. The summed E-state index contributed by atoms with van der Waals surface area (Å²) in [4.78, 5) is 14.3. The molecule has 0 radical (unpaired) electrons. The summed E-state index contributed by atoms with van der Waals surface area (Å²) in [6.45, 7) is 9.16. The van der Waals surface area contributed by atoms with Gasteiger partial charge in [-0.25, -0.2) is 0 Å². The van der Waals surface area contributed by atoms with Crippen LogP contribution < -0.4 is 16.0 Å². The molecule has 4 heterocycles. The number of aliphatic imine (C=N–C) groups is 2. The molecule has 0 spiro atoms. The molecular weight excluding hydrogens is 493 g/mol. The van der Waals surface area contributed by atoms with Crippen LogP contribution in [0.1, 0.15) is 63.0 Å². The Balaban J connectivity index is 1.47. The minimum absolute atomic E-state index is 0.0572. The second kappa shape index (κ2) is 10.6. The summed E-state index contributed by atoms with van der Waals surface area (Å²) in [6, 6.07) is 4.42. The zero-order valence-corrected chi connectivity index (χ0v) is 22.4. The van der Waals surface area contributed by atoms with Gasteiger partial charge in [0.15, 0.2) is 5.96 Å². The standard InChI is InChI=1S/C24H29Cl2N5S2/c1-5-20-21(26)23(30-12-29-20)18-10-16(33-14(18)4)8-7-15-9-17(13(3)32-15)22-19(25)11-28-24(31-22)27-6-2/h9-12,22-23H,5-8H2,1-4H3,(H,29,30)(H2,27,28,31). The van der Waals surface area contributed by atoms with E-state index in [9.17, 15) is 0 Å². The van der Waals surface area contributed by atoms with Crippen molar-refractivity contribution in [2.45, 2.75) is 59.0 Å². The minimum atomic E-state index is -0.0950. The van der Waals surface area contributed by atoms with Crippen molar-refractivity contribution in [1.29, 1.82) is 0 Å². The van der Waals surface area contributed by atoms with Gasteiger partial charge in [-0.2, -0.15) is 0 Å². The highest BCUT2D eigenvalue weighted by Gasteiger charge is 2.25. The summed E-state index contributed by atoms with van der Waals surface area (Å²) < 4.78 is 0. The predicted molar refractivity (Wildman–Crippen MR) is 144 cm³/mol. The molecule has 5 nitrogen and oxygen atoms in total. The quantitative estimate of drug-likeness (QED) is 0.393. The maximum atomic E-state index is 6.65. The second-order valence-corrected chi connectivity index (χ2v) is 11.6. The molecule has 33 heavy (non-hydrogen) atoms. The summed E-state index contributed by atoms with van der Waals surface area (Å²) in [5.74, 6) is 0.764.